The van der Waals surface area contributed by atoms with Crippen molar-refractivity contribution < 1.29 is 9.47 Å². The predicted octanol–water partition coefficient (Wildman–Crippen LogP) is 3.62. The predicted molar refractivity (Wildman–Crippen MR) is 88.6 cm³/mol. The summed E-state index contributed by atoms with van der Waals surface area (Å²) in [5.74, 6) is 3.41. The van der Waals surface area contributed by atoms with Gasteiger partial charge in [-0.2, -0.15) is 4.98 Å². The maximum Gasteiger partial charge on any atom is 0.218 e. The second-order valence-electron chi connectivity index (χ2n) is 6.41. The highest BCUT2D eigenvalue weighted by Gasteiger charge is 2.20. The van der Waals surface area contributed by atoms with Gasteiger partial charge in [0.1, 0.15) is 11.6 Å². The minimum absolute atomic E-state index is 0.472. The maximum absolute atomic E-state index is 5.82. The number of ether oxygens (including phenoxy) is 2. The Balaban J connectivity index is 2.11. The molecule has 1 aliphatic rings. The lowest BCUT2D eigenvalue weighted by molar-refractivity contribution is 0.210. The molecule has 124 valence electrons. The smallest absolute Gasteiger partial charge is 0.218 e. The van der Waals surface area contributed by atoms with Crippen molar-refractivity contribution in [2.45, 2.75) is 51.9 Å². The van der Waals surface area contributed by atoms with E-state index in [2.05, 4.69) is 24.1 Å². The zero-order valence-corrected chi connectivity index (χ0v) is 14.1. The fraction of sp³-hybridized carbons (Fsp3) is 0.765. The van der Waals surface area contributed by atoms with Gasteiger partial charge in [0, 0.05) is 25.6 Å². The van der Waals surface area contributed by atoms with Crippen LogP contribution in [0.15, 0.2) is 6.07 Å². The molecule has 0 saturated heterocycles. The van der Waals surface area contributed by atoms with E-state index in [-0.39, 0.29) is 0 Å². The van der Waals surface area contributed by atoms with Crippen LogP contribution in [-0.4, -0.2) is 36.8 Å². The third kappa shape index (κ3) is 5.44. The molecule has 0 aromatic carbocycles. The van der Waals surface area contributed by atoms with Crippen molar-refractivity contribution in [3.05, 3.63) is 11.9 Å². The van der Waals surface area contributed by atoms with E-state index in [9.17, 15) is 0 Å². The average molecular weight is 307 g/mol. The molecule has 0 bridgehead atoms. The van der Waals surface area contributed by atoms with Gasteiger partial charge in [-0.1, -0.05) is 33.1 Å². The molecule has 0 amide bonds. The summed E-state index contributed by atoms with van der Waals surface area (Å²) in [6, 6.07) is 1.89. The fourth-order valence-corrected chi connectivity index (χ4v) is 2.68. The summed E-state index contributed by atoms with van der Waals surface area (Å²) in [5, 5.41) is 3.30. The number of hydrogen-bond donors (Lipinski definition) is 1. The van der Waals surface area contributed by atoms with E-state index in [1.54, 1.807) is 7.11 Å². The van der Waals surface area contributed by atoms with Gasteiger partial charge in [0.05, 0.1) is 13.2 Å². The van der Waals surface area contributed by atoms with Gasteiger partial charge >= 0.3 is 0 Å². The molecule has 1 saturated carbocycles. The summed E-state index contributed by atoms with van der Waals surface area (Å²) in [5.41, 5.74) is 0. The highest BCUT2D eigenvalue weighted by Crippen LogP contribution is 2.32. The molecule has 5 heteroatoms. The molecule has 0 atom stereocenters. The molecule has 1 aliphatic carbocycles. The fourth-order valence-electron chi connectivity index (χ4n) is 2.68. The van der Waals surface area contributed by atoms with Gasteiger partial charge in [-0.15, -0.1) is 0 Å². The summed E-state index contributed by atoms with van der Waals surface area (Å²) in [6.45, 7) is 6.35. The topological polar surface area (TPSA) is 56.3 Å². The molecular weight excluding hydrogens is 278 g/mol. The average Bonchev–Trinajstić information content (AvgIpc) is 2.54. The first kappa shape index (κ1) is 17.0. The van der Waals surface area contributed by atoms with Crippen LogP contribution in [0.5, 0.6) is 5.88 Å². The number of nitrogens with one attached hydrogen (secondary N) is 1. The molecule has 1 fully saturated rings. The van der Waals surface area contributed by atoms with Crippen molar-refractivity contribution >= 4 is 5.82 Å². The molecule has 1 aromatic rings. The summed E-state index contributed by atoms with van der Waals surface area (Å²) < 4.78 is 10.9. The first-order chi connectivity index (χ1) is 10.7. The van der Waals surface area contributed by atoms with Crippen molar-refractivity contribution in [3.8, 4) is 5.88 Å². The molecule has 0 radical (unpaired) electrons. The van der Waals surface area contributed by atoms with Crippen molar-refractivity contribution in [1.82, 2.24) is 9.97 Å². The molecule has 2 rings (SSSR count). The lowest BCUT2D eigenvalue weighted by Gasteiger charge is -2.21. The molecule has 1 aromatic heterocycles. The van der Waals surface area contributed by atoms with Crippen molar-refractivity contribution in [3.63, 3.8) is 0 Å². The summed E-state index contributed by atoms with van der Waals surface area (Å²) in [7, 11) is 1.70. The first-order valence-corrected chi connectivity index (χ1v) is 8.43. The molecule has 5 nitrogen and oxygen atoms in total. The van der Waals surface area contributed by atoms with E-state index in [1.807, 2.05) is 6.07 Å². The van der Waals surface area contributed by atoms with Crippen LogP contribution in [0, 0.1) is 5.92 Å². The SMILES string of the molecule is COCCNc1cc(OCC(C)C)nc(C2CCCCC2)n1. The molecule has 1 heterocycles. The normalized spacial score (nSPS) is 16.0. The monoisotopic (exact) mass is 307 g/mol. The van der Waals surface area contributed by atoms with E-state index in [0.717, 1.165) is 18.2 Å². The molecule has 22 heavy (non-hydrogen) atoms. The van der Waals surface area contributed by atoms with Crippen LogP contribution < -0.4 is 10.1 Å². The van der Waals surface area contributed by atoms with Gasteiger partial charge in [-0.05, 0) is 18.8 Å². The van der Waals surface area contributed by atoms with E-state index >= 15 is 0 Å². The van der Waals surface area contributed by atoms with Gasteiger partial charge in [-0.25, -0.2) is 4.98 Å². The minimum atomic E-state index is 0.472. The Bertz CT molecular complexity index is 446. The number of aromatic nitrogens is 2. The quantitative estimate of drug-likeness (QED) is 0.743. The standard InChI is InChI=1S/C17H29N3O2/c1-13(2)12-22-16-11-15(18-9-10-21-3)19-17(20-16)14-7-5-4-6-8-14/h11,13-14H,4-10,12H2,1-3H3,(H,18,19,20). The number of nitrogens with zero attached hydrogens (tertiary/aromatic N) is 2. The van der Waals surface area contributed by atoms with Crippen molar-refractivity contribution in [2.75, 3.05) is 32.2 Å². The van der Waals surface area contributed by atoms with Crippen molar-refractivity contribution in [1.29, 1.82) is 0 Å². The third-order valence-corrected chi connectivity index (χ3v) is 3.87. The Kier molecular flexibility index (Phi) is 6.90. The van der Waals surface area contributed by atoms with E-state index in [4.69, 9.17) is 14.5 Å². The zero-order chi connectivity index (χ0) is 15.8. The number of hydrogen-bond acceptors (Lipinski definition) is 5. The molecule has 0 aliphatic heterocycles. The molecule has 0 unspecified atom stereocenters. The van der Waals surface area contributed by atoms with Gasteiger partial charge < -0.3 is 14.8 Å². The lowest BCUT2D eigenvalue weighted by Crippen LogP contribution is -2.15. The van der Waals surface area contributed by atoms with Crippen LogP contribution in [0.1, 0.15) is 57.7 Å². The molecule has 0 spiro atoms. The van der Waals surface area contributed by atoms with Gasteiger partial charge in [0.15, 0.2) is 0 Å². The van der Waals surface area contributed by atoms with Crippen LogP contribution in [0.2, 0.25) is 0 Å². The highest BCUT2D eigenvalue weighted by atomic mass is 16.5. The lowest BCUT2D eigenvalue weighted by atomic mass is 9.89. The number of methoxy groups -OCH3 is 1. The third-order valence-electron chi connectivity index (χ3n) is 3.87. The summed E-state index contributed by atoms with van der Waals surface area (Å²) >= 11 is 0. The number of anilines is 1. The Morgan fingerprint density at radius 2 is 2.00 bits per heavy atom. The van der Waals surface area contributed by atoms with Crippen LogP contribution in [0.25, 0.3) is 0 Å². The maximum atomic E-state index is 5.82. The largest absolute Gasteiger partial charge is 0.477 e. The van der Waals surface area contributed by atoms with Crippen LogP contribution in [0.3, 0.4) is 0 Å². The van der Waals surface area contributed by atoms with Gasteiger partial charge in [-0.3, -0.25) is 0 Å². The Hall–Kier alpha value is -1.36. The summed E-state index contributed by atoms with van der Waals surface area (Å²) in [6.07, 6.45) is 6.25. The number of rotatable bonds is 8. The summed E-state index contributed by atoms with van der Waals surface area (Å²) in [4.78, 5) is 9.35. The van der Waals surface area contributed by atoms with Crippen LogP contribution in [-0.2, 0) is 4.74 Å². The van der Waals surface area contributed by atoms with E-state index in [0.29, 0.717) is 30.9 Å². The second kappa shape index (κ2) is 8.93. The highest BCUT2D eigenvalue weighted by molar-refractivity contribution is 5.39. The Labute approximate surface area is 133 Å². The molecular formula is C17H29N3O2. The van der Waals surface area contributed by atoms with Gasteiger partial charge in [0.2, 0.25) is 5.88 Å². The first-order valence-electron chi connectivity index (χ1n) is 8.43. The van der Waals surface area contributed by atoms with Crippen LogP contribution in [0.4, 0.5) is 5.82 Å². The Morgan fingerprint density at radius 1 is 1.23 bits per heavy atom. The van der Waals surface area contributed by atoms with Crippen molar-refractivity contribution in [2.24, 2.45) is 5.92 Å². The van der Waals surface area contributed by atoms with E-state index < -0.39 is 0 Å². The Morgan fingerprint density at radius 3 is 2.68 bits per heavy atom. The molecule has 1 N–H and O–H groups in total. The minimum Gasteiger partial charge on any atom is -0.477 e. The van der Waals surface area contributed by atoms with Crippen LogP contribution >= 0.6 is 0 Å². The zero-order valence-electron chi connectivity index (χ0n) is 14.1. The second-order valence-corrected chi connectivity index (χ2v) is 6.41. The van der Waals surface area contributed by atoms with E-state index in [1.165, 1.54) is 32.1 Å². The van der Waals surface area contributed by atoms with Gasteiger partial charge in [0.25, 0.3) is 0 Å².